The Labute approximate surface area is 75.7 Å². The summed E-state index contributed by atoms with van der Waals surface area (Å²) in [7, 11) is 1.61. The van der Waals surface area contributed by atoms with Crippen molar-refractivity contribution >= 4 is 32.1 Å². The van der Waals surface area contributed by atoms with Crippen molar-refractivity contribution in [1.29, 1.82) is 0 Å². The Morgan fingerprint density at radius 2 is 2.55 bits per heavy atom. The molecule has 2 aromatic heterocycles. The van der Waals surface area contributed by atoms with Gasteiger partial charge < -0.3 is 4.74 Å². The average Bonchev–Trinajstić information content (AvgIpc) is 2.53. The second kappa shape index (κ2) is 2.49. The quantitative estimate of drug-likeness (QED) is 0.754. The highest BCUT2D eigenvalue weighted by Gasteiger charge is 2.10. The van der Waals surface area contributed by atoms with E-state index in [4.69, 9.17) is 4.74 Å². The number of methoxy groups -OCH3 is 1. The summed E-state index contributed by atoms with van der Waals surface area (Å²) in [6.45, 7) is 0. The van der Waals surface area contributed by atoms with Gasteiger partial charge >= 0.3 is 0 Å². The fourth-order valence-electron chi connectivity index (χ4n) is 0.869. The van der Waals surface area contributed by atoms with Crippen LogP contribution in [0, 0.1) is 0 Å². The van der Waals surface area contributed by atoms with Crippen LogP contribution in [0.3, 0.4) is 0 Å². The predicted molar refractivity (Wildman–Crippen MR) is 47.3 cm³/mol. The van der Waals surface area contributed by atoms with Gasteiger partial charge in [0.15, 0.2) is 0 Å². The molecule has 0 aliphatic carbocycles. The third-order valence-electron chi connectivity index (χ3n) is 1.36. The van der Waals surface area contributed by atoms with Gasteiger partial charge in [0.05, 0.1) is 7.11 Å². The summed E-state index contributed by atoms with van der Waals surface area (Å²) in [6.07, 6.45) is 1.90. The topological polar surface area (TPSA) is 26.5 Å². The van der Waals surface area contributed by atoms with Crippen LogP contribution < -0.4 is 4.74 Å². The molecule has 2 aromatic rings. The summed E-state index contributed by atoms with van der Waals surface area (Å²) >= 11 is 5.02. The molecule has 0 unspecified atom stereocenters. The van der Waals surface area contributed by atoms with Gasteiger partial charge in [-0.15, -0.1) is 16.4 Å². The van der Waals surface area contributed by atoms with Crippen LogP contribution in [-0.4, -0.2) is 16.7 Å². The second-order valence-corrected chi connectivity index (χ2v) is 3.66. The van der Waals surface area contributed by atoms with E-state index >= 15 is 0 Å². The summed E-state index contributed by atoms with van der Waals surface area (Å²) in [6, 6.07) is 0. The predicted octanol–water partition coefficient (Wildman–Crippen LogP) is 2.17. The lowest BCUT2D eigenvalue weighted by Crippen LogP contribution is -1.84. The highest BCUT2D eigenvalue weighted by Crippen LogP contribution is 2.30. The monoisotopic (exact) mass is 232 g/mol. The maximum Gasteiger partial charge on any atom is 0.248 e. The van der Waals surface area contributed by atoms with Crippen molar-refractivity contribution in [3.05, 3.63) is 16.0 Å². The van der Waals surface area contributed by atoms with Gasteiger partial charge in [0, 0.05) is 11.6 Å². The molecule has 0 aliphatic heterocycles. The van der Waals surface area contributed by atoms with Gasteiger partial charge in [0.25, 0.3) is 0 Å². The molecule has 0 saturated heterocycles. The Bertz CT molecular complexity index is 381. The van der Waals surface area contributed by atoms with Crippen molar-refractivity contribution in [3.63, 3.8) is 0 Å². The molecule has 11 heavy (non-hydrogen) atoms. The van der Waals surface area contributed by atoms with Crippen LogP contribution in [0.5, 0.6) is 5.88 Å². The molecule has 0 aliphatic rings. The zero-order valence-corrected chi connectivity index (χ0v) is 8.15. The maximum absolute atomic E-state index is 5.02. The third kappa shape index (κ3) is 0.954. The molecule has 0 saturated carbocycles. The Hall–Kier alpha value is -0.550. The van der Waals surface area contributed by atoms with E-state index in [0.29, 0.717) is 5.88 Å². The fourth-order valence-corrected chi connectivity index (χ4v) is 2.28. The van der Waals surface area contributed by atoms with E-state index in [-0.39, 0.29) is 0 Å². The molecule has 0 atom stereocenters. The number of ether oxygens (including phenoxy) is 1. The summed E-state index contributed by atoms with van der Waals surface area (Å²) in [5, 5.41) is 6.13. The largest absolute Gasteiger partial charge is 0.479 e. The van der Waals surface area contributed by atoms with Crippen molar-refractivity contribution < 1.29 is 4.74 Å². The zero-order valence-electron chi connectivity index (χ0n) is 5.74. The summed E-state index contributed by atoms with van der Waals surface area (Å²) < 4.78 is 7.73. The van der Waals surface area contributed by atoms with Crippen LogP contribution in [0.4, 0.5) is 0 Å². The van der Waals surface area contributed by atoms with Crippen molar-refractivity contribution in [2.45, 2.75) is 0 Å². The summed E-state index contributed by atoms with van der Waals surface area (Å²) in [4.78, 5) is 1.07. The van der Waals surface area contributed by atoms with Crippen LogP contribution in [0.15, 0.2) is 16.0 Å². The first kappa shape index (κ1) is 7.12. The molecule has 0 amide bonds. The highest BCUT2D eigenvalue weighted by molar-refractivity contribution is 9.10. The van der Waals surface area contributed by atoms with Gasteiger partial charge in [-0.2, -0.15) is 0 Å². The molecular weight excluding hydrogens is 228 g/mol. The van der Waals surface area contributed by atoms with Crippen molar-refractivity contribution in [2.24, 2.45) is 0 Å². The molecule has 5 heteroatoms. The Balaban J connectivity index is 2.76. The fraction of sp³-hybridized carbons (Fsp3) is 0.167. The van der Waals surface area contributed by atoms with E-state index in [2.05, 4.69) is 21.0 Å². The summed E-state index contributed by atoms with van der Waals surface area (Å²) in [5.74, 6) is 0.636. The van der Waals surface area contributed by atoms with Crippen LogP contribution in [-0.2, 0) is 0 Å². The minimum absolute atomic E-state index is 0.636. The first-order valence-electron chi connectivity index (χ1n) is 2.98. The number of hydrogen-bond acceptors (Lipinski definition) is 3. The van der Waals surface area contributed by atoms with Crippen LogP contribution in [0.2, 0.25) is 0 Å². The number of hydrogen-bond donors (Lipinski definition) is 0. The van der Waals surface area contributed by atoms with Gasteiger partial charge in [-0.3, -0.25) is 0 Å². The van der Waals surface area contributed by atoms with Gasteiger partial charge in [-0.1, -0.05) is 0 Å². The number of rotatable bonds is 1. The van der Waals surface area contributed by atoms with E-state index in [0.717, 1.165) is 9.30 Å². The molecule has 0 spiro atoms. The van der Waals surface area contributed by atoms with E-state index in [9.17, 15) is 0 Å². The Kier molecular flexibility index (Phi) is 1.61. The van der Waals surface area contributed by atoms with Crippen LogP contribution in [0.1, 0.15) is 0 Å². The number of nitrogens with zero attached hydrogens (tertiary/aromatic N) is 2. The molecule has 0 fully saturated rings. The number of aromatic nitrogens is 2. The van der Waals surface area contributed by atoms with Crippen LogP contribution >= 0.6 is 27.3 Å². The van der Waals surface area contributed by atoms with Gasteiger partial charge in [0.2, 0.25) is 5.88 Å². The first-order valence-corrected chi connectivity index (χ1v) is 4.65. The minimum atomic E-state index is 0.636. The standard InChI is InChI=1S/C6H5BrN2OS/c1-10-5-4(7)6-9(8-5)2-3-11-6/h2-3H,1H3. The van der Waals surface area contributed by atoms with Gasteiger partial charge in [-0.05, 0) is 15.9 Å². The third-order valence-corrected chi connectivity index (χ3v) is 3.21. The lowest BCUT2D eigenvalue weighted by atomic mass is 10.7. The minimum Gasteiger partial charge on any atom is -0.479 e. The maximum atomic E-state index is 5.02. The molecule has 3 nitrogen and oxygen atoms in total. The van der Waals surface area contributed by atoms with E-state index in [1.165, 1.54) is 0 Å². The molecule has 0 bridgehead atoms. The van der Waals surface area contributed by atoms with E-state index in [1.54, 1.807) is 23.0 Å². The van der Waals surface area contributed by atoms with Gasteiger partial charge in [-0.25, -0.2) is 4.52 Å². The Morgan fingerprint density at radius 1 is 1.73 bits per heavy atom. The highest BCUT2D eigenvalue weighted by atomic mass is 79.9. The molecule has 2 heterocycles. The molecule has 58 valence electrons. The Morgan fingerprint density at radius 3 is 3.18 bits per heavy atom. The molecular formula is C6H5BrN2OS. The zero-order chi connectivity index (χ0) is 7.84. The molecule has 0 N–H and O–H groups in total. The molecule has 0 aromatic carbocycles. The van der Waals surface area contributed by atoms with E-state index in [1.807, 2.05) is 11.6 Å². The average molecular weight is 233 g/mol. The number of thiazole rings is 1. The van der Waals surface area contributed by atoms with E-state index < -0.39 is 0 Å². The normalized spacial score (nSPS) is 10.7. The SMILES string of the molecule is COc1nn2ccsc2c1Br. The summed E-state index contributed by atoms with van der Waals surface area (Å²) in [5.41, 5.74) is 0. The first-order chi connectivity index (χ1) is 5.33. The van der Waals surface area contributed by atoms with Gasteiger partial charge in [0.1, 0.15) is 9.30 Å². The van der Waals surface area contributed by atoms with Crippen molar-refractivity contribution in [3.8, 4) is 5.88 Å². The van der Waals surface area contributed by atoms with Crippen molar-refractivity contribution in [1.82, 2.24) is 9.61 Å². The molecule has 0 radical (unpaired) electrons. The lowest BCUT2D eigenvalue weighted by molar-refractivity contribution is 0.393. The number of halogens is 1. The smallest absolute Gasteiger partial charge is 0.248 e. The lowest BCUT2D eigenvalue weighted by Gasteiger charge is -1.89. The van der Waals surface area contributed by atoms with Crippen molar-refractivity contribution in [2.75, 3.05) is 7.11 Å². The molecule has 2 rings (SSSR count). The number of fused-ring (bicyclic) bond motifs is 1. The second-order valence-electron chi connectivity index (χ2n) is 1.98. The van der Waals surface area contributed by atoms with Crippen LogP contribution in [0.25, 0.3) is 4.83 Å².